The van der Waals surface area contributed by atoms with Crippen LogP contribution in [-0.2, 0) is 19.5 Å². The summed E-state index contributed by atoms with van der Waals surface area (Å²) in [5.41, 5.74) is 4.42. The monoisotopic (exact) mass is 320 g/mol. The number of hydrogen-bond donors (Lipinski definition) is 2. The minimum Gasteiger partial charge on any atom is -0.361 e. The molecule has 1 fully saturated rings. The van der Waals surface area contributed by atoms with E-state index < -0.39 is 0 Å². The van der Waals surface area contributed by atoms with Crippen LogP contribution < -0.4 is 5.56 Å². The zero-order valence-electron chi connectivity index (χ0n) is 13.5. The molecule has 0 unspecified atom stereocenters. The third kappa shape index (κ3) is 2.45. The molecule has 2 N–H and O–H groups in total. The molecule has 0 amide bonds. The summed E-state index contributed by atoms with van der Waals surface area (Å²) in [6.45, 7) is 2.57. The van der Waals surface area contributed by atoms with Crippen LogP contribution in [-0.4, -0.2) is 26.4 Å². The molecule has 5 rings (SSSR count). The Kier molecular flexibility index (Phi) is 3.10. The number of hydrogen-bond acceptors (Lipinski definition) is 3. The standard InChI is InChI=1S/C19H20N4O/c24-19-15-6-8-23(11-17(15)21-18(22-19)13-2-3-13)10-12-1-4-16-14(9-12)5-7-20-16/h1,4-5,7,9,13,20H,2-3,6,8,10-11H2,(H,21,22,24). The SMILES string of the molecule is O=c1[nH]c(C2CC2)nc2c1CCN(Cc1ccc3[nH]ccc3c1)C2. The van der Waals surface area contributed by atoms with Crippen molar-refractivity contribution >= 4 is 10.9 Å². The van der Waals surface area contributed by atoms with E-state index in [-0.39, 0.29) is 5.56 Å². The Labute approximate surface area is 139 Å². The van der Waals surface area contributed by atoms with E-state index in [1.807, 2.05) is 6.20 Å². The van der Waals surface area contributed by atoms with E-state index in [1.165, 1.54) is 16.5 Å². The normalized spacial score (nSPS) is 18.0. The van der Waals surface area contributed by atoms with Gasteiger partial charge < -0.3 is 9.97 Å². The molecule has 5 nitrogen and oxygen atoms in total. The molecule has 3 heterocycles. The van der Waals surface area contributed by atoms with Crippen LogP contribution in [0.25, 0.3) is 10.9 Å². The third-order valence-corrected chi connectivity index (χ3v) is 5.16. The van der Waals surface area contributed by atoms with Crippen molar-refractivity contribution in [3.8, 4) is 0 Å². The Hall–Kier alpha value is -2.40. The molecule has 1 aromatic carbocycles. The smallest absolute Gasteiger partial charge is 0.254 e. The zero-order valence-corrected chi connectivity index (χ0v) is 13.5. The molecular weight excluding hydrogens is 300 g/mol. The van der Waals surface area contributed by atoms with Gasteiger partial charge in [-0.2, -0.15) is 0 Å². The predicted octanol–water partition coefficient (Wildman–Crippen LogP) is 2.69. The molecule has 2 aliphatic rings. The molecular formula is C19H20N4O. The second kappa shape index (κ2) is 5.31. The summed E-state index contributed by atoms with van der Waals surface area (Å²) in [6, 6.07) is 8.65. The van der Waals surface area contributed by atoms with Gasteiger partial charge in [-0.15, -0.1) is 0 Å². The fourth-order valence-corrected chi connectivity index (χ4v) is 3.66. The van der Waals surface area contributed by atoms with Gasteiger partial charge in [0, 0.05) is 42.8 Å². The Morgan fingerprint density at radius 3 is 3.04 bits per heavy atom. The van der Waals surface area contributed by atoms with Crippen molar-refractivity contribution in [1.82, 2.24) is 19.9 Å². The van der Waals surface area contributed by atoms with Gasteiger partial charge in [-0.25, -0.2) is 4.98 Å². The van der Waals surface area contributed by atoms with Gasteiger partial charge in [0.15, 0.2) is 0 Å². The molecule has 5 heteroatoms. The molecule has 0 radical (unpaired) electrons. The van der Waals surface area contributed by atoms with Gasteiger partial charge in [-0.1, -0.05) is 6.07 Å². The van der Waals surface area contributed by atoms with Crippen LogP contribution in [0.3, 0.4) is 0 Å². The highest BCUT2D eigenvalue weighted by Gasteiger charge is 2.29. The quantitative estimate of drug-likeness (QED) is 0.780. The highest BCUT2D eigenvalue weighted by Crippen LogP contribution is 2.37. The highest BCUT2D eigenvalue weighted by atomic mass is 16.1. The first kappa shape index (κ1) is 14.0. The fourth-order valence-electron chi connectivity index (χ4n) is 3.66. The van der Waals surface area contributed by atoms with Crippen molar-refractivity contribution in [3.05, 3.63) is 63.5 Å². The van der Waals surface area contributed by atoms with E-state index in [0.29, 0.717) is 5.92 Å². The lowest BCUT2D eigenvalue weighted by molar-refractivity contribution is 0.240. The third-order valence-electron chi connectivity index (χ3n) is 5.16. The van der Waals surface area contributed by atoms with E-state index in [9.17, 15) is 4.79 Å². The van der Waals surface area contributed by atoms with E-state index in [0.717, 1.165) is 56.0 Å². The van der Waals surface area contributed by atoms with Gasteiger partial charge in [0.05, 0.1) is 5.69 Å². The molecule has 0 spiro atoms. The van der Waals surface area contributed by atoms with E-state index in [4.69, 9.17) is 4.98 Å². The number of nitrogens with zero attached hydrogens (tertiary/aromatic N) is 2. The number of rotatable bonds is 3. The number of fused-ring (bicyclic) bond motifs is 2. The van der Waals surface area contributed by atoms with Crippen LogP contribution in [0.4, 0.5) is 0 Å². The maximum absolute atomic E-state index is 12.3. The first-order valence-corrected chi connectivity index (χ1v) is 8.66. The summed E-state index contributed by atoms with van der Waals surface area (Å²) < 4.78 is 0. The first-order chi connectivity index (χ1) is 11.8. The number of aromatic nitrogens is 3. The lowest BCUT2D eigenvalue weighted by Crippen LogP contribution is -2.35. The van der Waals surface area contributed by atoms with Crippen molar-refractivity contribution in [2.75, 3.05) is 6.54 Å². The van der Waals surface area contributed by atoms with E-state index in [1.54, 1.807) is 0 Å². The van der Waals surface area contributed by atoms with Gasteiger partial charge in [0.2, 0.25) is 0 Å². The molecule has 3 aromatic rings. The van der Waals surface area contributed by atoms with Gasteiger partial charge >= 0.3 is 0 Å². The average molecular weight is 320 g/mol. The van der Waals surface area contributed by atoms with Crippen molar-refractivity contribution < 1.29 is 0 Å². The lowest BCUT2D eigenvalue weighted by Gasteiger charge is -2.27. The maximum atomic E-state index is 12.3. The molecule has 2 aromatic heterocycles. The lowest BCUT2D eigenvalue weighted by atomic mass is 10.0. The second-order valence-corrected chi connectivity index (χ2v) is 7.01. The van der Waals surface area contributed by atoms with Gasteiger partial charge in [-0.3, -0.25) is 9.69 Å². The van der Waals surface area contributed by atoms with Crippen molar-refractivity contribution in [3.63, 3.8) is 0 Å². The van der Waals surface area contributed by atoms with Crippen molar-refractivity contribution in [1.29, 1.82) is 0 Å². The van der Waals surface area contributed by atoms with Gasteiger partial charge in [-0.05, 0) is 48.4 Å². The van der Waals surface area contributed by atoms with Crippen LogP contribution >= 0.6 is 0 Å². The first-order valence-electron chi connectivity index (χ1n) is 8.66. The van der Waals surface area contributed by atoms with Gasteiger partial charge in [0.1, 0.15) is 5.82 Å². The average Bonchev–Trinajstić information content (AvgIpc) is 3.33. The molecule has 1 saturated carbocycles. The Balaban J connectivity index is 1.40. The van der Waals surface area contributed by atoms with E-state index in [2.05, 4.69) is 39.1 Å². The van der Waals surface area contributed by atoms with Crippen LogP contribution in [0.2, 0.25) is 0 Å². The maximum Gasteiger partial charge on any atom is 0.254 e. The Bertz CT molecular complexity index is 967. The summed E-state index contributed by atoms with van der Waals surface area (Å²) >= 11 is 0. The van der Waals surface area contributed by atoms with Crippen molar-refractivity contribution in [2.45, 2.75) is 38.3 Å². The highest BCUT2D eigenvalue weighted by molar-refractivity contribution is 5.79. The predicted molar refractivity (Wildman–Crippen MR) is 92.9 cm³/mol. The van der Waals surface area contributed by atoms with Crippen LogP contribution in [0.15, 0.2) is 35.3 Å². The molecule has 24 heavy (non-hydrogen) atoms. The molecule has 122 valence electrons. The topological polar surface area (TPSA) is 64.8 Å². The molecule has 0 atom stereocenters. The number of aromatic amines is 2. The zero-order chi connectivity index (χ0) is 16.1. The Morgan fingerprint density at radius 2 is 2.17 bits per heavy atom. The number of benzene rings is 1. The van der Waals surface area contributed by atoms with Crippen LogP contribution in [0.5, 0.6) is 0 Å². The van der Waals surface area contributed by atoms with Crippen LogP contribution in [0.1, 0.15) is 41.4 Å². The van der Waals surface area contributed by atoms with Gasteiger partial charge in [0.25, 0.3) is 5.56 Å². The van der Waals surface area contributed by atoms with E-state index >= 15 is 0 Å². The summed E-state index contributed by atoms with van der Waals surface area (Å²) in [6.07, 6.45) is 5.07. The number of nitrogens with one attached hydrogen (secondary N) is 2. The summed E-state index contributed by atoms with van der Waals surface area (Å²) in [4.78, 5) is 25.7. The molecule has 0 saturated heterocycles. The van der Waals surface area contributed by atoms with Crippen molar-refractivity contribution in [2.24, 2.45) is 0 Å². The summed E-state index contributed by atoms with van der Waals surface area (Å²) in [5.74, 6) is 1.38. The summed E-state index contributed by atoms with van der Waals surface area (Å²) in [7, 11) is 0. The molecule has 1 aliphatic heterocycles. The van der Waals surface area contributed by atoms with Crippen LogP contribution in [0, 0.1) is 0 Å². The fraction of sp³-hybridized carbons (Fsp3) is 0.368. The second-order valence-electron chi connectivity index (χ2n) is 7.01. The largest absolute Gasteiger partial charge is 0.361 e. The summed E-state index contributed by atoms with van der Waals surface area (Å²) in [5, 5.41) is 1.25. The molecule has 0 bridgehead atoms. The molecule has 1 aliphatic carbocycles. The minimum atomic E-state index is 0.0790. The number of H-pyrrole nitrogens is 2. The minimum absolute atomic E-state index is 0.0790. The Morgan fingerprint density at radius 1 is 1.25 bits per heavy atom.